The van der Waals surface area contributed by atoms with Crippen molar-refractivity contribution in [3.8, 4) is 17.8 Å². The van der Waals surface area contributed by atoms with Gasteiger partial charge in [0, 0.05) is 23.0 Å². The maximum atomic E-state index is 11.7. The maximum absolute atomic E-state index is 11.7. The molecule has 0 saturated heterocycles. The van der Waals surface area contributed by atoms with Crippen LogP contribution < -0.4 is 15.4 Å². The predicted molar refractivity (Wildman–Crippen MR) is 129 cm³/mol. The van der Waals surface area contributed by atoms with Gasteiger partial charge in [-0.25, -0.2) is 14.9 Å². The van der Waals surface area contributed by atoms with E-state index in [0.29, 0.717) is 40.1 Å². The number of anilines is 2. The van der Waals surface area contributed by atoms with Crippen LogP contribution in [-0.2, 0) is 4.79 Å². The maximum Gasteiger partial charge on any atom is 0.247 e. The van der Waals surface area contributed by atoms with Gasteiger partial charge >= 0.3 is 0 Å². The van der Waals surface area contributed by atoms with Crippen LogP contribution in [0.5, 0.6) is 11.6 Å². The smallest absolute Gasteiger partial charge is 0.247 e. The Morgan fingerprint density at radius 1 is 1.29 bits per heavy atom. The summed E-state index contributed by atoms with van der Waals surface area (Å²) in [6.45, 7) is 5.65. The van der Waals surface area contributed by atoms with E-state index in [2.05, 4.69) is 38.6 Å². The fraction of sp³-hybridized carbons (Fsp3) is 0.0833. The van der Waals surface area contributed by atoms with E-state index in [1.807, 2.05) is 19.1 Å². The van der Waals surface area contributed by atoms with Gasteiger partial charge in [-0.05, 0) is 55.0 Å². The van der Waals surface area contributed by atoms with E-state index in [-0.39, 0.29) is 12.6 Å². The highest BCUT2D eigenvalue weighted by Gasteiger charge is 2.23. The summed E-state index contributed by atoms with van der Waals surface area (Å²) in [4.78, 5) is 22.2. The first kappa shape index (κ1) is 21.6. The molecule has 0 unspecified atom stereocenters. The molecule has 2 aromatic heterocycles. The third-order valence-electron chi connectivity index (χ3n) is 5.29. The van der Waals surface area contributed by atoms with Crippen LogP contribution in [0.3, 0.4) is 0 Å². The van der Waals surface area contributed by atoms with Gasteiger partial charge in [0.2, 0.25) is 11.8 Å². The lowest BCUT2D eigenvalue weighted by atomic mass is 10.1. The first-order valence-electron chi connectivity index (χ1n) is 10.6. The number of hydrogen-bond donors (Lipinski definition) is 2. The fourth-order valence-electron chi connectivity index (χ4n) is 3.56. The summed E-state index contributed by atoms with van der Waals surface area (Å²) < 4.78 is 7.62. The third kappa shape index (κ3) is 4.36. The Balaban J connectivity index is 1.46. The highest BCUT2D eigenvalue weighted by atomic mass is 16.5. The topological polar surface area (TPSA) is 133 Å². The number of amides is 1. The number of nitrogens with zero attached hydrogens (tertiary/aromatic N) is 7. The highest BCUT2D eigenvalue weighted by molar-refractivity contribution is 6.08. The second-order valence-corrected chi connectivity index (χ2v) is 7.63. The standard InChI is InChI=1S/C24H19N9O2/c1-3-22(34)29-17-4-6-19-18(9-17)24(32(11-25)12-26-19)30-16-5-7-20(15(2)8-16)35-23-10-21-31-28-14-33(21)13-27-23/h3-10,13-14,26H,1,12H2,2H3,(H,29,34). The van der Waals surface area contributed by atoms with Gasteiger partial charge in [0.1, 0.15) is 25.1 Å². The molecule has 0 radical (unpaired) electrons. The summed E-state index contributed by atoms with van der Waals surface area (Å²) in [5.41, 5.74) is 4.15. The van der Waals surface area contributed by atoms with E-state index in [1.54, 1.807) is 47.4 Å². The summed E-state index contributed by atoms with van der Waals surface area (Å²) >= 11 is 0. The number of amidine groups is 1. The molecule has 11 heteroatoms. The third-order valence-corrected chi connectivity index (χ3v) is 5.29. The van der Waals surface area contributed by atoms with Crippen molar-refractivity contribution < 1.29 is 9.53 Å². The molecule has 4 aromatic rings. The average Bonchev–Trinajstić information content (AvgIpc) is 3.34. The second kappa shape index (κ2) is 8.95. The molecule has 1 amide bonds. The van der Waals surface area contributed by atoms with Gasteiger partial charge in [0.15, 0.2) is 17.7 Å². The zero-order valence-corrected chi connectivity index (χ0v) is 18.6. The predicted octanol–water partition coefficient (Wildman–Crippen LogP) is 3.59. The number of aliphatic imine (C=N–C) groups is 1. The number of aromatic nitrogens is 4. The molecule has 0 saturated carbocycles. The van der Waals surface area contributed by atoms with Gasteiger partial charge in [-0.15, -0.1) is 10.2 Å². The van der Waals surface area contributed by atoms with Crippen molar-refractivity contribution in [2.75, 3.05) is 17.3 Å². The highest BCUT2D eigenvalue weighted by Crippen LogP contribution is 2.31. The first-order chi connectivity index (χ1) is 17.0. The Hall–Kier alpha value is -5.24. The van der Waals surface area contributed by atoms with Crippen molar-refractivity contribution in [1.29, 1.82) is 5.26 Å². The van der Waals surface area contributed by atoms with E-state index in [0.717, 1.165) is 11.3 Å². The number of carbonyl (C=O) groups excluding carboxylic acids is 1. The molecule has 1 aliphatic rings. The first-order valence-corrected chi connectivity index (χ1v) is 10.6. The minimum atomic E-state index is -0.326. The zero-order valence-electron chi connectivity index (χ0n) is 18.6. The van der Waals surface area contributed by atoms with Gasteiger partial charge in [0.25, 0.3) is 0 Å². The van der Waals surface area contributed by atoms with E-state index in [4.69, 9.17) is 9.73 Å². The number of carbonyl (C=O) groups is 1. The van der Waals surface area contributed by atoms with Crippen molar-refractivity contribution >= 4 is 34.5 Å². The number of hydrogen-bond acceptors (Lipinski definition) is 8. The molecule has 172 valence electrons. The molecule has 0 spiro atoms. The quantitative estimate of drug-likeness (QED) is 0.337. The van der Waals surface area contributed by atoms with Crippen LogP contribution >= 0.6 is 0 Å². The summed E-state index contributed by atoms with van der Waals surface area (Å²) in [6.07, 6.45) is 6.48. The number of ether oxygens (including phenoxy) is 1. The summed E-state index contributed by atoms with van der Waals surface area (Å²) in [5, 5.41) is 23.4. The van der Waals surface area contributed by atoms with E-state index in [1.165, 1.54) is 11.0 Å². The second-order valence-electron chi connectivity index (χ2n) is 7.63. The van der Waals surface area contributed by atoms with Crippen molar-refractivity contribution in [3.05, 3.63) is 78.9 Å². The van der Waals surface area contributed by atoms with Gasteiger partial charge < -0.3 is 15.4 Å². The number of aryl methyl sites for hydroxylation is 1. The van der Waals surface area contributed by atoms with Crippen LogP contribution in [0.25, 0.3) is 5.65 Å². The van der Waals surface area contributed by atoms with Crippen LogP contribution in [-0.4, -0.2) is 42.9 Å². The molecule has 3 heterocycles. The number of benzene rings is 2. The van der Waals surface area contributed by atoms with Crippen molar-refractivity contribution in [2.24, 2.45) is 4.99 Å². The lowest BCUT2D eigenvalue weighted by molar-refractivity contribution is -0.111. The molecule has 0 aliphatic carbocycles. The van der Waals surface area contributed by atoms with Crippen LogP contribution in [0.15, 0.2) is 72.8 Å². The van der Waals surface area contributed by atoms with E-state index < -0.39 is 0 Å². The van der Waals surface area contributed by atoms with Crippen LogP contribution in [0, 0.1) is 18.4 Å². The molecule has 0 bridgehead atoms. The minimum Gasteiger partial charge on any atom is -0.439 e. The number of fused-ring (bicyclic) bond motifs is 2. The Bertz CT molecular complexity index is 1530. The van der Waals surface area contributed by atoms with Gasteiger partial charge in [-0.3, -0.25) is 9.20 Å². The molecule has 35 heavy (non-hydrogen) atoms. The van der Waals surface area contributed by atoms with E-state index >= 15 is 0 Å². The lowest BCUT2D eigenvalue weighted by Crippen LogP contribution is -2.37. The minimum absolute atomic E-state index is 0.275. The molecule has 0 fully saturated rings. The number of rotatable bonds is 5. The van der Waals surface area contributed by atoms with Crippen LogP contribution in [0.2, 0.25) is 0 Å². The zero-order chi connectivity index (χ0) is 24.4. The summed E-state index contributed by atoms with van der Waals surface area (Å²) in [6, 6.07) is 12.5. The molecule has 11 nitrogen and oxygen atoms in total. The van der Waals surface area contributed by atoms with Crippen molar-refractivity contribution in [2.45, 2.75) is 6.92 Å². The molecule has 2 N–H and O–H groups in total. The van der Waals surface area contributed by atoms with Gasteiger partial charge in [0.05, 0.1) is 5.69 Å². The molecule has 2 aromatic carbocycles. The van der Waals surface area contributed by atoms with Gasteiger partial charge in [-0.2, -0.15) is 5.26 Å². The molecular weight excluding hydrogens is 446 g/mol. The molecule has 0 atom stereocenters. The monoisotopic (exact) mass is 465 g/mol. The molecular formula is C24H19N9O2. The van der Waals surface area contributed by atoms with Crippen molar-refractivity contribution in [3.63, 3.8) is 0 Å². The molecule has 5 rings (SSSR count). The van der Waals surface area contributed by atoms with Crippen molar-refractivity contribution in [1.82, 2.24) is 24.5 Å². The Kier molecular flexibility index (Phi) is 5.52. The average molecular weight is 465 g/mol. The largest absolute Gasteiger partial charge is 0.439 e. The fourth-order valence-corrected chi connectivity index (χ4v) is 3.56. The van der Waals surface area contributed by atoms with Gasteiger partial charge in [-0.1, -0.05) is 6.58 Å². The van der Waals surface area contributed by atoms with Crippen LogP contribution in [0.4, 0.5) is 17.1 Å². The van der Waals surface area contributed by atoms with Crippen LogP contribution in [0.1, 0.15) is 11.1 Å². The van der Waals surface area contributed by atoms with E-state index in [9.17, 15) is 10.1 Å². The summed E-state index contributed by atoms with van der Waals surface area (Å²) in [7, 11) is 0. The normalized spacial score (nSPS) is 13.6. The Morgan fingerprint density at radius 2 is 2.17 bits per heavy atom. The lowest BCUT2D eigenvalue weighted by Gasteiger charge is -2.27. The Morgan fingerprint density at radius 3 is 2.97 bits per heavy atom. The molecule has 1 aliphatic heterocycles. The number of nitrogens with one attached hydrogen (secondary N) is 2. The Labute approximate surface area is 200 Å². The summed E-state index contributed by atoms with van der Waals surface area (Å²) in [5.74, 6) is 1.14. The number of nitriles is 1. The SMILES string of the molecule is C=CC(=O)Nc1ccc2c(c1)C(=Nc1ccc(Oc3cc4nncn4cn3)c(C)c1)N(C#N)CN2.